The van der Waals surface area contributed by atoms with E-state index < -0.39 is 12.0 Å². The Morgan fingerprint density at radius 3 is 2.29 bits per heavy atom. The fourth-order valence-corrected chi connectivity index (χ4v) is 0.107. The van der Waals surface area contributed by atoms with Gasteiger partial charge < -0.3 is 10.6 Å². The molecule has 0 aliphatic heterocycles. The second kappa shape index (κ2) is 2.54. The summed E-state index contributed by atoms with van der Waals surface area (Å²) in [5, 5.41) is 0. The van der Waals surface area contributed by atoms with Gasteiger partial charge in [-0.1, -0.05) is 0 Å². The zero-order valence-electron chi connectivity index (χ0n) is 4.05. The second-order valence-corrected chi connectivity index (χ2v) is 1.23. The maximum absolute atomic E-state index is 10.0. The quantitative estimate of drug-likeness (QED) is 0.407. The third-order valence-corrected chi connectivity index (χ3v) is 0.488. The van der Waals surface area contributed by atoms with Crippen LogP contribution in [0.25, 0.3) is 0 Å². The van der Waals surface area contributed by atoms with Crippen molar-refractivity contribution < 1.29 is 9.63 Å². The molecule has 0 aromatic heterocycles. The highest BCUT2D eigenvalue weighted by Gasteiger charge is 2.04. The fourth-order valence-electron chi connectivity index (χ4n) is 0.107. The standard InChI is InChI=1S/C3H8N2O2/c1-2(4)3(6)7-5/h2H,4-5H2,1H3/t2-/m0/s1. The van der Waals surface area contributed by atoms with Crippen molar-refractivity contribution in [2.75, 3.05) is 0 Å². The van der Waals surface area contributed by atoms with E-state index in [1.807, 2.05) is 0 Å². The first-order chi connectivity index (χ1) is 3.18. The van der Waals surface area contributed by atoms with Gasteiger partial charge >= 0.3 is 5.97 Å². The van der Waals surface area contributed by atoms with E-state index in [9.17, 15) is 4.79 Å². The Balaban J connectivity index is 3.35. The third-order valence-electron chi connectivity index (χ3n) is 0.488. The van der Waals surface area contributed by atoms with E-state index in [1.165, 1.54) is 6.92 Å². The Labute approximate surface area is 41.4 Å². The van der Waals surface area contributed by atoms with Crippen LogP contribution in [-0.2, 0) is 9.63 Å². The maximum atomic E-state index is 10.0. The van der Waals surface area contributed by atoms with Crippen molar-refractivity contribution in [3.63, 3.8) is 0 Å². The minimum atomic E-state index is -0.620. The van der Waals surface area contributed by atoms with E-state index in [-0.39, 0.29) is 0 Å². The molecule has 0 aromatic rings. The van der Waals surface area contributed by atoms with Crippen LogP contribution in [0.5, 0.6) is 0 Å². The molecule has 0 aliphatic carbocycles. The van der Waals surface area contributed by atoms with Gasteiger partial charge in [-0.2, -0.15) is 5.90 Å². The summed E-state index contributed by atoms with van der Waals surface area (Å²) in [6, 6.07) is -0.620. The average molecular weight is 104 g/mol. The summed E-state index contributed by atoms with van der Waals surface area (Å²) in [7, 11) is 0. The smallest absolute Gasteiger partial charge is 0.341 e. The van der Waals surface area contributed by atoms with Gasteiger partial charge in [0.05, 0.1) is 0 Å². The van der Waals surface area contributed by atoms with Crippen molar-refractivity contribution in [2.45, 2.75) is 13.0 Å². The molecule has 0 radical (unpaired) electrons. The monoisotopic (exact) mass is 104 g/mol. The molecule has 42 valence electrons. The molecule has 0 saturated carbocycles. The lowest BCUT2D eigenvalue weighted by molar-refractivity contribution is -0.145. The molecule has 0 bridgehead atoms. The molecule has 7 heavy (non-hydrogen) atoms. The van der Waals surface area contributed by atoms with Crippen molar-refractivity contribution in [1.82, 2.24) is 0 Å². The van der Waals surface area contributed by atoms with Crippen LogP contribution in [0.3, 0.4) is 0 Å². The number of rotatable bonds is 1. The molecular formula is C3H8N2O2. The maximum Gasteiger partial charge on any atom is 0.341 e. The Hall–Kier alpha value is -0.610. The molecule has 0 rings (SSSR count). The van der Waals surface area contributed by atoms with Crippen LogP contribution in [-0.4, -0.2) is 12.0 Å². The summed E-state index contributed by atoms with van der Waals surface area (Å²) >= 11 is 0. The topological polar surface area (TPSA) is 78.3 Å². The van der Waals surface area contributed by atoms with Gasteiger partial charge in [0.2, 0.25) is 0 Å². The predicted octanol–water partition coefficient (Wildman–Crippen LogP) is -1.25. The Bertz CT molecular complexity index is 71.3. The molecule has 0 unspecified atom stereocenters. The van der Waals surface area contributed by atoms with Gasteiger partial charge in [0.1, 0.15) is 6.04 Å². The second-order valence-electron chi connectivity index (χ2n) is 1.23. The molecule has 0 amide bonds. The summed E-state index contributed by atoms with van der Waals surface area (Å²) in [6.45, 7) is 1.50. The van der Waals surface area contributed by atoms with Crippen molar-refractivity contribution in [1.29, 1.82) is 0 Å². The van der Waals surface area contributed by atoms with Gasteiger partial charge in [0.25, 0.3) is 0 Å². The number of carbonyl (C=O) groups excluding carboxylic acids is 1. The van der Waals surface area contributed by atoms with Crippen molar-refractivity contribution in [3.05, 3.63) is 0 Å². The highest BCUT2D eigenvalue weighted by Crippen LogP contribution is 1.74. The van der Waals surface area contributed by atoms with Crippen LogP contribution in [0.15, 0.2) is 0 Å². The summed E-state index contributed by atoms with van der Waals surface area (Å²) in [6.07, 6.45) is 0. The van der Waals surface area contributed by atoms with Crippen molar-refractivity contribution >= 4 is 5.97 Å². The lowest BCUT2D eigenvalue weighted by Gasteiger charge is -1.97. The van der Waals surface area contributed by atoms with Gasteiger partial charge in [0, 0.05) is 0 Å². The Morgan fingerprint density at radius 1 is 1.86 bits per heavy atom. The van der Waals surface area contributed by atoms with Gasteiger partial charge in [0.15, 0.2) is 0 Å². The normalized spacial score (nSPS) is 13.0. The number of carbonyl (C=O) groups is 1. The number of hydrogen-bond donors (Lipinski definition) is 2. The summed E-state index contributed by atoms with van der Waals surface area (Å²) in [5.74, 6) is 3.85. The number of nitrogens with two attached hydrogens (primary N) is 2. The Morgan fingerprint density at radius 2 is 2.29 bits per heavy atom. The van der Waals surface area contributed by atoms with Crippen LogP contribution >= 0.6 is 0 Å². The molecule has 4 nitrogen and oxygen atoms in total. The van der Waals surface area contributed by atoms with E-state index in [4.69, 9.17) is 5.73 Å². The van der Waals surface area contributed by atoms with Crippen molar-refractivity contribution in [2.24, 2.45) is 11.6 Å². The summed E-state index contributed by atoms with van der Waals surface area (Å²) in [4.78, 5) is 13.8. The molecule has 4 heteroatoms. The summed E-state index contributed by atoms with van der Waals surface area (Å²) < 4.78 is 0. The zero-order valence-corrected chi connectivity index (χ0v) is 4.05. The lowest BCUT2D eigenvalue weighted by atomic mass is 10.4. The first-order valence-corrected chi connectivity index (χ1v) is 1.84. The fraction of sp³-hybridized carbons (Fsp3) is 0.667. The zero-order chi connectivity index (χ0) is 5.86. The number of hydrogen-bond acceptors (Lipinski definition) is 4. The van der Waals surface area contributed by atoms with Crippen LogP contribution in [0.4, 0.5) is 0 Å². The lowest BCUT2D eigenvalue weighted by Crippen LogP contribution is -2.30. The van der Waals surface area contributed by atoms with Crippen LogP contribution in [0, 0.1) is 0 Å². The molecule has 0 aromatic carbocycles. The Kier molecular flexibility index (Phi) is 2.32. The summed E-state index contributed by atoms with van der Waals surface area (Å²) in [5.41, 5.74) is 4.99. The van der Waals surface area contributed by atoms with Gasteiger partial charge in [-0.05, 0) is 6.92 Å². The van der Waals surface area contributed by atoms with E-state index in [0.717, 1.165) is 0 Å². The van der Waals surface area contributed by atoms with Gasteiger partial charge in [-0.15, -0.1) is 0 Å². The van der Waals surface area contributed by atoms with Gasteiger partial charge in [-0.25, -0.2) is 4.79 Å². The van der Waals surface area contributed by atoms with E-state index in [1.54, 1.807) is 0 Å². The van der Waals surface area contributed by atoms with E-state index in [2.05, 4.69) is 10.7 Å². The molecule has 0 aliphatic rings. The average Bonchev–Trinajstić information content (AvgIpc) is 1.65. The highest BCUT2D eigenvalue weighted by atomic mass is 16.7. The molecule has 0 heterocycles. The molecule has 0 saturated heterocycles. The highest BCUT2D eigenvalue weighted by molar-refractivity contribution is 5.74. The van der Waals surface area contributed by atoms with Crippen LogP contribution < -0.4 is 11.6 Å². The first-order valence-electron chi connectivity index (χ1n) is 1.84. The SMILES string of the molecule is C[C@H](N)C(=O)ON. The first kappa shape index (κ1) is 6.39. The molecular weight excluding hydrogens is 96.0 g/mol. The molecule has 0 fully saturated rings. The van der Waals surface area contributed by atoms with E-state index in [0.29, 0.717) is 0 Å². The predicted molar refractivity (Wildman–Crippen MR) is 23.9 cm³/mol. The molecule has 1 atom stereocenters. The largest absolute Gasteiger partial charge is 0.372 e. The molecule has 0 spiro atoms. The van der Waals surface area contributed by atoms with Crippen LogP contribution in [0.1, 0.15) is 6.92 Å². The van der Waals surface area contributed by atoms with Crippen LogP contribution in [0.2, 0.25) is 0 Å². The van der Waals surface area contributed by atoms with Gasteiger partial charge in [-0.3, -0.25) is 0 Å². The van der Waals surface area contributed by atoms with Crippen molar-refractivity contribution in [3.8, 4) is 0 Å². The minimum absolute atomic E-state index is 0.597. The minimum Gasteiger partial charge on any atom is -0.372 e. The molecule has 4 N–H and O–H groups in total. The third kappa shape index (κ3) is 2.13. The van der Waals surface area contributed by atoms with E-state index >= 15 is 0 Å².